The number of carbonyl (C=O) groups is 1. The van der Waals surface area contributed by atoms with Crippen molar-refractivity contribution in [2.45, 2.75) is 0 Å². The second-order valence-electron chi connectivity index (χ2n) is 4.83. The topological polar surface area (TPSA) is 107 Å². The van der Waals surface area contributed by atoms with Crippen molar-refractivity contribution in [3.05, 3.63) is 48.5 Å². The Hall–Kier alpha value is -3.35. The number of rotatable bonds is 5. The fraction of sp³-hybridized carbons (Fsp3) is 0.0625. The van der Waals surface area contributed by atoms with Crippen molar-refractivity contribution in [1.29, 1.82) is 0 Å². The van der Waals surface area contributed by atoms with Crippen molar-refractivity contribution >= 4 is 34.3 Å². The molecule has 0 aliphatic heterocycles. The zero-order chi connectivity index (χ0) is 16.2. The van der Waals surface area contributed by atoms with E-state index in [1.165, 1.54) is 0 Å². The van der Waals surface area contributed by atoms with E-state index in [4.69, 9.17) is 5.11 Å². The molecule has 0 spiro atoms. The lowest BCUT2D eigenvalue weighted by Gasteiger charge is -2.11. The maximum Gasteiger partial charge on any atom is 0.322 e. The molecule has 0 radical (unpaired) electrons. The van der Waals surface area contributed by atoms with Crippen molar-refractivity contribution in [3.8, 4) is 5.75 Å². The van der Waals surface area contributed by atoms with Crippen LogP contribution in [0.5, 0.6) is 5.75 Å². The average Bonchev–Trinajstić information content (AvgIpc) is 2.54. The van der Waals surface area contributed by atoms with Gasteiger partial charge in [-0.05, 0) is 36.4 Å². The molecular formula is C16H14N4O3. The van der Waals surface area contributed by atoms with E-state index < -0.39 is 5.97 Å². The minimum atomic E-state index is -0.972. The van der Waals surface area contributed by atoms with Crippen LogP contribution in [-0.2, 0) is 4.79 Å². The van der Waals surface area contributed by atoms with Gasteiger partial charge in [0.25, 0.3) is 0 Å². The van der Waals surface area contributed by atoms with Crippen LogP contribution in [0.25, 0.3) is 10.9 Å². The Labute approximate surface area is 131 Å². The molecule has 4 N–H and O–H groups in total. The summed E-state index contributed by atoms with van der Waals surface area (Å²) in [6.07, 6.45) is 0. The Morgan fingerprint density at radius 3 is 2.52 bits per heavy atom. The summed E-state index contributed by atoms with van der Waals surface area (Å²) in [6.45, 7) is -0.236. The summed E-state index contributed by atoms with van der Waals surface area (Å²) >= 11 is 0. The van der Waals surface area contributed by atoms with Crippen LogP contribution >= 0.6 is 0 Å². The van der Waals surface area contributed by atoms with Gasteiger partial charge in [-0.15, -0.1) is 0 Å². The summed E-state index contributed by atoms with van der Waals surface area (Å²) in [5.74, 6) is -0.0268. The van der Waals surface area contributed by atoms with Crippen LogP contribution in [0.15, 0.2) is 48.5 Å². The molecule has 2 aromatic carbocycles. The highest BCUT2D eigenvalue weighted by atomic mass is 16.4. The zero-order valence-corrected chi connectivity index (χ0v) is 12.0. The normalized spacial score (nSPS) is 10.4. The van der Waals surface area contributed by atoms with Gasteiger partial charge in [0.2, 0.25) is 5.95 Å². The van der Waals surface area contributed by atoms with Gasteiger partial charge in [-0.2, -0.15) is 4.98 Å². The summed E-state index contributed by atoms with van der Waals surface area (Å²) in [4.78, 5) is 19.5. The van der Waals surface area contributed by atoms with Crippen molar-refractivity contribution in [2.24, 2.45) is 0 Å². The van der Waals surface area contributed by atoms with E-state index in [0.717, 1.165) is 5.39 Å². The third-order valence-corrected chi connectivity index (χ3v) is 3.13. The molecule has 0 amide bonds. The third kappa shape index (κ3) is 3.46. The number of anilines is 3. The van der Waals surface area contributed by atoms with Crippen LogP contribution in [-0.4, -0.2) is 32.7 Å². The number of aromatic nitrogens is 2. The van der Waals surface area contributed by atoms with Crippen molar-refractivity contribution in [2.75, 3.05) is 17.2 Å². The summed E-state index contributed by atoms with van der Waals surface area (Å²) in [7, 11) is 0. The summed E-state index contributed by atoms with van der Waals surface area (Å²) in [5, 5.41) is 24.7. The molecular weight excluding hydrogens is 296 g/mol. The molecule has 0 fully saturated rings. The molecule has 0 bridgehead atoms. The molecule has 1 heterocycles. The number of fused-ring (bicyclic) bond motifs is 1. The minimum Gasteiger partial charge on any atom is -0.508 e. The van der Waals surface area contributed by atoms with Crippen LogP contribution in [0, 0.1) is 0 Å². The summed E-state index contributed by atoms with van der Waals surface area (Å²) < 4.78 is 0. The van der Waals surface area contributed by atoms with Crippen LogP contribution in [0.3, 0.4) is 0 Å². The van der Waals surface area contributed by atoms with E-state index in [2.05, 4.69) is 20.6 Å². The van der Waals surface area contributed by atoms with E-state index in [9.17, 15) is 9.90 Å². The molecule has 23 heavy (non-hydrogen) atoms. The van der Waals surface area contributed by atoms with E-state index in [0.29, 0.717) is 23.0 Å². The van der Waals surface area contributed by atoms with Gasteiger partial charge < -0.3 is 20.8 Å². The van der Waals surface area contributed by atoms with Gasteiger partial charge in [0, 0.05) is 11.1 Å². The largest absolute Gasteiger partial charge is 0.508 e. The average molecular weight is 310 g/mol. The monoisotopic (exact) mass is 310 g/mol. The quantitative estimate of drug-likeness (QED) is 0.536. The lowest BCUT2D eigenvalue weighted by Crippen LogP contribution is -2.14. The number of phenols is 1. The van der Waals surface area contributed by atoms with Crippen molar-refractivity contribution in [3.63, 3.8) is 0 Å². The molecule has 0 saturated carbocycles. The first kappa shape index (κ1) is 14.6. The lowest BCUT2D eigenvalue weighted by molar-refractivity contribution is -0.134. The Morgan fingerprint density at radius 2 is 1.78 bits per heavy atom. The van der Waals surface area contributed by atoms with Crippen molar-refractivity contribution in [1.82, 2.24) is 9.97 Å². The first-order valence-electron chi connectivity index (χ1n) is 6.90. The minimum absolute atomic E-state index is 0.166. The van der Waals surface area contributed by atoms with Gasteiger partial charge in [-0.3, -0.25) is 4.79 Å². The maximum absolute atomic E-state index is 10.8. The number of carboxylic acids is 1. The molecule has 7 nitrogen and oxygen atoms in total. The molecule has 3 aromatic rings. The second kappa shape index (κ2) is 6.18. The fourth-order valence-electron chi connectivity index (χ4n) is 2.10. The SMILES string of the molecule is O=C(O)CNc1nc(Nc2ccc(O)cc2)nc2ccccc12. The molecule has 0 saturated heterocycles. The number of benzene rings is 2. The Kier molecular flexibility index (Phi) is 3.92. The molecule has 116 valence electrons. The lowest BCUT2D eigenvalue weighted by atomic mass is 10.2. The molecule has 0 unspecified atom stereocenters. The summed E-state index contributed by atoms with van der Waals surface area (Å²) in [6, 6.07) is 13.8. The fourth-order valence-corrected chi connectivity index (χ4v) is 2.10. The highest BCUT2D eigenvalue weighted by Crippen LogP contribution is 2.24. The number of nitrogens with one attached hydrogen (secondary N) is 2. The highest BCUT2D eigenvalue weighted by molar-refractivity contribution is 5.91. The number of hydrogen-bond donors (Lipinski definition) is 4. The number of aromatic hydroxyl groups is 1. The van der Waals surface area contributed by atoms with Gasteiger partial charge in [0.15, 0.2) is 0 Å². The molecule has 3 rings (SSSR count). The van der Waals surface area contributed by atoms with Crippen molar-refractivity contribution < 1.29 is 15.0 Å². The standard InChI is InChI=1S/C16H14N4O3/c21-11-7-5-10(6-8-11)18-16-19-13-4-2-1-3-12(13)15(20-16)17-9-14(22)23/h1-8,21H,9H2,(H,22,23)(H2,17,18,19,20). The van der Waals surface area contributed by atoms with Gasteiger partial charge in [0.1, 0.15) is 18.1 Å². The van der Waals surface area contributed by atoms with E-state index in [-0.39, 0.29) is 12.3 Å². The first-order chi connectivity index (χ1) is 11.1. The van der Waals surface area contributed by atoms with E-state index in [1.54, 1.807) is 24.3 Å². The van der Waals surface area contributed by atoms with Gasteiger partial charge in [-0.1, -0.05) is 12.1 Å². The number of nitrogens with zero attached hydrogens (tertiary/aromatic N) is 2. The smallest absolute Gasteiger partial charge is 0.322 e. The Bertz CT molecular complexity index is 850. The molecule has 0 atom stereocenters. The molecule has 0 aliphatic carbocycles. The van der Waals surface area contributed by atoms with Gasteiger partial charge in [0.05, 0.1) is 5.52 Å². The van der Waals surface area contributed by atoms with E-state index in [1.807, 2.05) is 24.3 Å². The summed E-state index contributed by atoms with van der Waals surface area (Å²) in [5.41, 5.74) is 1.40. The third-order valence-electron chi connectivity index (χ3n) is 3.13. The van der Waals surface area contributed by atoms with Gasteiger partial charge in [-0.25, -0.2) is 4.98 Å². The van der Waals surface area contributed by atoms with Gasteiger partial charge >= 0.3 is 5.97 Å². The molecule has 7 heteroatoms. The zero-order valence-electron chi connectivity index (χ0n) is 12.0. The highest BCUT2D eigenvalue weighted by Gasteiger charge is 2.09. The second-order valence-corrected chi connectivity index (χ2v) is 4.83. The number of phenolic OH excluding ortho intramolecular Hbond substituents is 1. The predicted molar refractivity (Wildman–Crippen MR) is 87.1 cm³/mol. The van der Waals surface area contributed by atoms with Crippen LogP contribution in [0.4, 0.5) is 17.5 Å². The molecule has 0 aliphatic rings. The number of hydrogen-bond acceptors (Lipinski definition) is 6. The maximum atomic E-state index is 10.8. The van der Waals surface area contributed by atoms with E-state index >= 15 is 0 Å². The van der Waals surface area contributed by atoms with Crippen LogP contribution in [0.2, 0.25) is 0 Å². The number of carboxylic acid groups (broad SMARTS) is 1. The number of para-hydroxylation sites is 1. The molecule has 1 aromatic heterocycles. The predicted octanol–water partition coefficient (Wildman–Crippen LogP) is 2.58. The Balaban J connectivity index is 1.96. The van der Waals surface area contributed by atoms with Crippen LogP contribution in [0.1, 0.15) is 0 Å². The first-order valence-corrected chi connectivity index (χ1v) is 6.90. The number of aliphatic carboxylic acids is 1. The van der Waals surface area contributed by atoms with Crippen LogP contribution < -0.4 is 10.6 Å². The Morgan fingerprint density at radius 1 is 1.04 bits per heavy atom.